The van der Waals surface area contributed by atoms with Gasteiger partial charge in [0, 0.05) is 41.2 Å². The van der Waals surface area contributed by atoms with E-state index in [-0.39, 0.29) is 5.41 Å². The van der Waals surface area contributed by atoms with E-state index in [1.165, 1.54) is 4.88 Å². The second-order valence-electron chi connectivity index (χ2n) is 6.69. The van der Waals surface area contributed by atoms with Crippen molar-refractivity contribution in [2.75, 3.05) is 20.7 Å². The van der Waals surface area contributed by atoms with Gasteiger partial charge < -0.3 is 15.4 Å². The minimum absolute atomic E-state index is 0.0486. The number of pyridine rings is 1. The van der Waals surface area contributed by atoms with Gasteiger partial charge in [-0.2, -0.15) is 0 Å². The predicted molar refractivity (Wildman–Crippen MR) is 106 cm³/mol. The van der Waals surface area contributed by atoms with E-state index in [1.54, 1.807) is 25.5 Å². The molecule has 2 N–H and O–H groups in total. The summed E-state index contributed by atoms with van der Waals surface area (Å²) >= 11 is 1.78. The van der Waals surface area contributed by atoms with Gasteiger partial charge in [0.05, 0.1) is 19.3 Å². The summed E-state index contributed by atoms with van der Waals surface area (Å²) in [4.78, 5) is 10.2. The summed E-state index contributed by atoms with van der Waals surface area (Å²) in [6, 6.07) is 4.27. The maximum atomic E-state index is 5.47. The summed E-state index contributed by atoms with van der Waals surface area (Å²) in [5.74, 6) is 1.67. The van der Waals surface area contributed by atoms with E-state index < -0.39 is 0 Å². The maximum absolute atomic E-state index is 5.47. The van der Waals surface area contributed by atoms with Crippen molar-refractivity contribution >= 4 is 17.3 Å². The molecule has 2 rings (SSSR count). The molecule has 0 aromatic carbocycles. The largest absolute Gasteiger partial charge is 0.496 e. The van der Waals surface area contributed by atoms with Crippen LogP contribution in [0.1, 0.15) is 35.5 Å². The number of aromatic nitrogens is 1. The molecule has 0 radical (unpaired) electrons. The number of hydrogen-bond donors (Lipinski definition) is 2. The van der Waals surface area contributed by atoms with Crippen molar-refractivity contribution in [2.45, 2.75) is 39.7 Å². The zero-order valence-corrected chi connectivity index (χ0v) is 16.8. The number of ether oxygens (including phenoxy) is 1. The van der Waals surface area contributed by atoms with Gasteiger partial charge in [-0.05, 0) is 25.3 Å². The lowest BCUT2D eigenvalue weighted by Gasteiger charge is -2.25. The van der Waals surface area contributed by atoms with E-state index in [9.17, 15) is 0 Å². The van der Waals surface area contributed by atoms with E-state index in [4.69, 9.17) is 4.74 Å². The van der Waals surface area contributed by atoms with Crippen LogP contribution in [0.5, 0.6) is 5.75 Å². The van der Waals surface area contributed by atoms with E-state index >= 15 is 0 Å². The fraction of sp³-hybridized carbons (Fsp3) is 0.474. The molecule has 6 heteroatoms. The Kier molecular flexibility index (Phi) is 6.42. The lowest BCUT2D eigenvalue weighted by atomic mass is 9.91. The second-order valence-corrected chi connectivity index (χ2v) is 7.63. The van der Waals surface area contributed by atoms with Crippen LogP contribution in [-0.4, -0.2) is 31.6 Å². The van der Waals surface area contributed by atoms with Crippen molar-refractivity contribution in [3.05, 3.63) is 45.4 Å². The summed E-state index contributed by atoms with van der Waals surface area (Å²) in [5, 5.41) is 8.87. The van der Waals surface area contributed by atoms with Crippen LogP contribution >= 0.6 is 11.3 Å². The number of rotatable bonds is 6. The van der Waals surface area contributed by atoms with E-state index in [0.717, 1.165) is 35.1 Å². The van der Waals surface area contributed by atoms with Gasteiger partial charge >= 0.3 is 0 Å². The maximum Gasteiger partial charge on any atom is 0.191 e. The first kappa shape index (κ1) is 19.2. The fourth-order valence-corrected chi connectivity index (χ4v) is 3.54. The Morgan fingerprint density at radius 1 is 1.32 bits per heavy atom. The number of guanidine groups is 1. The van der Waals surface area contributed by atoms with Crippen molar-refractivity contribution in [3.63, 3.8) is 0 Å². The molecule has 136 valence electrons. The van der Waals surface area contributed by atoms with E-state index in [2.05, 4.69) is 52.0 Å². The molecule has 0 unspecified atom stereocenters. The molecule has 0 atom stereocenters. The normalized spacial score (nSPS) is 12.2. The molecule has 0 saturated carbocycles. The molecule has 0 fully saturated rings. The molecule has 5 nitrogen and oxygen atoms in total. The fourth-order valence-electron chi connectivity index (χ4n) is 2.69. The zero-order valence-electron chi connectivity index (χ0n) is 15.9. The van der Waals surface area contributed by atoms with Gasteiger partial charge in [-0.25, -0.2) is 0 Å². The molecule has 0 aliphatic carbocycles. The van der Waals surface area contributed by atoms with Crippen LogP contribution in [0.3, 0.4) is 0 Å². The third-order valence-electron chi connectivity index (χ3n) is 4.28. The molecule has 25 heavy (non-hydrogen) atoms. The third kappa shape index (κ3) is 4.72. The lowest BCUT2D eigenvalue weighted by molar-refractivity contribution is 0.406. The molecular formula is C19H28N4OS. The van der Waals surface area contributed by atoms with Gasteiger partial charge in [0.25, 0.3) is 0 Å². The zero-order chi connectivity index (χ0) is 18.4. The predicted octanol–water partition coefficient (Wildman–Crippen LogP) is 3.41. The monoisotopic (exact) mass is 360 g/mol. The number of nitrogens with zero attached hydrogens (tertiary/aromatic N) is 2. The van der Waals surface area contributed by atoms with E-state index in [0.29, 0.717) is 6.54 Å². The van der Waals surface area contributed by atoms with Crippen LogP contribution in [0.25, 0.3) is 0 Å². The first-order valence-electron chi connectivity index (χ1n) is 8.36. The molecule has 0 spiro atoms. The highest BCUT2D eigenvalue weighted by molar-refractivity contribution is 7.10. The summed E-state index contributed by atoms with van der Waals surface area (Å²) in [6.07, 6.45) is 1.85. The minimum Gasteiger partial charge on any atom is -0.496 e. The van der Waals surface area contributed by atoms with Gasteiger partial charge in [0.15, 0.2) is 5.96 Å². The Morgan fingerprint density at radius 3 is 2.68 bits per heavy atom. The minimum atomic E-state index is 0.0486. The molecule has 0 saturated heterocycles. The van der Waals surface area contributed by atoms with Crippen LogP contribution < -0.4 is 15.4 Å². The van der Waals surface area contributed by atoms with Crippen LogP contribution in [0, 0.1) is 13.8 Å². The summed E-state index contributed by atoms with van der Waals surface area (Å²) < 4.78 is 5.47. The highest BCUT2D eigenvalue weighted by Crippen LogP contribution is 2.26. The molecular weight excluding hydrogens is 332 g/mol. The van der Waals surface area contributed by atoms with Crippen molar-refractivity contribution < 1.29 is 4.74 Å². The molecule has 2 heterocycles. The number of aliphatic imine (C=N–C) groups is 1. The van der Waals surface area contributed by atoms with Crippen LogP contribution in [0.4, 0.5) is 0 Å². The number of nitrogens with one attached hydrogen (secondary N) is 2. The summed E-state index contributed by atoms with van der Waals surface area (Å²) in [7, 11) is 3.48. The standard InChI is InChI=1S/C19H28N4OS/c1-13-10-21-15(14(2)17(13)24-6)11-22-18(20-5)23-12-19(3,4)16-8-7-9-25-16/h7-10H,11-12H2,1-6H3,(H2,20,22,23). The van der Waals surface area contributed by atoms with Crippen molar-refractivity contribution in [3.8, 4) is 5.75 Å². The highest BCUT2D eigenvalue weighted by Gasteiger charge is 2.22. The van der Waals surface area contributed by atoms with Crippen molar-refractivity contribution in [1.29, 1.82) is 0 Å². The van der Waals surface area contributed by atoms with Gasteiger partial charge in [0.2, 0.25) is 0 Å². The molecule has 0 aliphatic rings. The summed E-state index contributed by atoms with van der Waals surface area (Å²) in [6.45, 7) is 9.90. The van der Waals surface area contributed by atoms with Crippen LogP contribution in [0.2, 0.25) is 0 Å². The van der Waals surface area contributed by atoms with Gasteiger partial charge in [0.1, 0.15) is 5.75 Å². The SMILES string of the molecule is CN=C(NCc1ncc(C)c(OC)c1C)NCC(C)(C)c1cccs1. The van der Waals surface area contributed by atoms with Crippen molar-refractivity contribution in [1.82, 2.24) is 15.6 Å². The smallest absolute Gasteiger partial charge is 0.191 e. The van der Waals surface area contributed by atoms with Gasteiger partial charge in [-0.1, -0.05) is 19.9 Å². The Balaban J connectivity index is 1.97. The van der Waals surface area contributed by atoms with Gasteiger partial charge in [-0.15, -0.1) is 11.3 Å². The Morgan fingerprint density at radius 2 is 2.08 bits per heavy atom. The second kappa shape index (κ2) is 8.34. The molecule has 0 aliphatic heterocycles. The Bertz CT molecular complexity index is 723. The topological polar surface area (TPSA) is 58.5 Å². The van der Waals surface area contributed by atoms with E-state index in [1.807, 2.05) is 20.0 Å². The quantitative estimate of drug-likeness (QED) is 0.612. The first-order valence-corrected chi connectivity index (χ1v) is 9.24. The number of hydrogen-bond acceptors (Lipinski definition) is 4. The first-order chi connectivity index (χ1) is 11.9. The summed E-state index contributed by atoms with van der Waals surface area (Å²) in [5.41, 5.74) is 3.11. The Labute approximate surface area is 154 Å². The average Bonchev–Trinajstić information content (AvgIpc) is 3.12. The van der Waals surface area contributed by atoms with Crippen LogP contribution in [0.15, 0.2) is 28.7 Å². The molecule has 2 aromatic rings. The molecule has 2 aromatic heterocycles. The van der Waals surface area contributed by atoms with Crippen molar-refractivity contribution in [2.24, 2.45) is 4.99 Å². The van der Waals surface area contributed by atoms with Crippen LogP contribution in [-0.2, 0) is 12.0 Å². The Hall–Kier alpha value is -2.08. The number of aryl methyl sites for hydroxylation is 1. The number of thiophene rings is 1. The molecule has 0 bridgehead atoms. The highest BCUT2D eigenvalue weighted by atomic mass is 32.1. The average molecular weight is 361 g/mol. The third-order valence-corrected chi connectivity index (χ3v) is 5.52. The molecule has 0 amide bonds. The van der Waals surface area contributed by atoms with Gasteiger partial charge in [-0.3, -0.25) is 9.98 Å². The number of methoxy groups -OCH3 is 1. The lowest BCUT2D eigenvalue weighted by Crippen LogP contribution is -2.43.